The van der Waals surface area contributed by atoms with Gasteiger partial charge in [0.1, 0.15) is 0 Å². The minimum atomic E-state index is 1.04. The van der Waals surface area contributed by atoms with Crippen molar-refractivity contribution in [3.8, 4) is 10.6 Å². The molecule has 13 heavy (non-hydrogen) atoms. The van der Waals surface area contributed by atoms with Gasteiger partial charge in [-0.2, -0.15) is 11.3 Å². The van der Waals surface area contributed by atoms with Gasteiger partial charge < -0.3 is 0 Å². The number of thiazole rings is 1. The first-order valence-corrected chi connectivity index (χ1v) is 5.18. The Morgan fingerprint density at radius 3 is 2.92 bits per heavy atom. The molecule has 0 amide bonds. The number of benzene rings is 1. The molecule has 66 valence electrons. The normalized spacial score (nSPS) is 10.2. The number of aryl methyl sites for hydroxylation is 1. The first-order chi connectivity index (χ1) is 6.40. The van der Waals surface area contributed by atoms with Crippen molar-refractivity contribution in [1.29, 1.82) is 0 Å². The molecule has 1 aromatic carbocycles. The van der Waals surface area contributed by atoms with E-state index in [1.54, 1.807) is 11.3 Å². The average molecular weight is 188 g/mol. The van der Waals surface area contributed by atoms with Gasteiger partial charge >= 0.3 is 0 Å². The summed E-state index contributed by atoms with van der Waals surface area (Å²) in [6.07, 6.45) is 2.89. The van der Waals surface area contributed by atoms with E-state index in [2.05, 4.69) is 30.1 Å². The van der Waals surface area contributed by atoms with Gasteiger partial charge in [-0.3, -0.25) is 4.98 Å². The van der Waals surface area contributed by atoms with Crippen molar-refractivity contribution >= 4 is 11.3 Å². The van der Waals surface area contributed by atoms with Crippen LogP contribution in [0.3, 0.4) is 0 Å². The topological polar surface area (TPSA) is 12.9 Å². The highest BCUT2D eigenvalue weighted by Crippen LogP contribution is 2.21. The number of hydrogen-bond acceptors (Lipinski definition) is 2. The number of hydrogen-bond donors (Lipinski definition) is 0. The van der Waals surface area contributed by atoms with E-state index in [1.165, 1.54) is 5.56 Å². The molecule has 0 unspecified atom stereocenters. The van der Waals surface area contributed by atoms with Gasteiger partial charge in [0.15, 0.2) is 0 Å². The molecule has 0 bridgehead atoms. The molecule has 0 radical (unpaired) electrons. The highest BCUT2D eigenvalue weighted by molar-refractivity contribution is 7.13. The summed E-state index contributed by atoms with van der Waals surface area (Å²) in [7, 11) is 0. The van der Waals surface area contributed by atoms with Crippen molar-refractivity contribution in [1.82, 2.24) is 4.98 Å². The quantitative estimate of drug-likeness (QED) is 0.660. The predicted molar refractivity (Wildman–Crippen MR) is 55.8 cm³/mol. The molecule has 0 aliphatic rings. The molecule has 0 aliphatic heterocycles. The molecule has 0 fully saturated rings. The Kier molecular flexibility index (Phi) is 2.41. The van der Waals surface area contributed by atoms with E-state index in [4.69, 9.17) is 0 Å². The largest absolute Gasteiger partial charge is 0.293 e. The fourth-order valence-electron chi connectivity index (χ4n) is 1.17. The third-order valence-corrected chi connectivity index (χ3v) is 2.75. The highest BCUT2D eigenvalue weighted by Gasteiger charge is 1.90. The summed E-state index contributed by atoms with van der Waals surface area (Å²) in [5, 5.41) is 3.03. The van der Waals surface area contributed by atoms with Gasteiger partial charge in [-0.05, 0) is 0 Å². The van der Waals surface area contributed by atoms with Gasteiger partial charge in [-0.15, -0.1) is 35.4 Å². The second-order valence-corrected chi connectivity index (χ2v) is 3.70. The van der Waals surface area contributed by atoms with Gasteiger partial charge in [-0.25, -0.2) is 0 Å². The van der Waals surface area contributed by atoms with Gasteiger partial charge in [0.25, 0.3) is 0 Å². The summed E-state index contributed by atoms with van der Waals surface area (Å²) in [6.45, 7) is 2.15. The van der Waals surface area contributed by atoms with E-state index in [0.29, 0.717) is 0 Å². The Balaban J connectivity index is 2.33. The molecule has 2 aromatic rings. The van der Waals surface area contributed by atoms with Crippen LogP contribution in [0.15, 0.2) is 29.8 Å². The van der Waals surface area contributed by atoms with Crippen molar-refractivity contribution in [2.45, 2.75) is 13.3 Å². The van der Waals surface area contributed by atoms with Crippen molar-refractivity contribution < 1.29 is 0 Å². The van der Waals surface area contributed by atoms with E-state index in [0.717, 1.165) is 17.0 Å². The van der Waals surface area contributed by atoms with Crippen LogP contribution >= 0.6 is 11.3 Å². The van der Waals surface area contributed by atoms with Crippen LogP contribution in [0.2, 0.25) is 0 Å². The van der Waals surface area contributed by atoms with Crippen LogP contribution in [-0.4, -0.2) is 4.98 Å². The summed E-state index contributed by atoms with van der Waals surface area (Å²) in [6, 6.07) is 9.49. The minimum Gasteiger partial charge on any atom is -0.293 e. The minimum absolute atomic E-state index is 1.04. The first-order valence-electron chi connectivity index (χ1n) is 4.30. The maximum atomic E-state index is 4.23. The fraction of sp³-hybridized carbons (Fsp3) is 0.182. The second-order valence-electron chi connectivity index (χ2n) is 2.80. The van der Waals surface area contributed by atoms with Crippen molar-refractivity contribution in [2.75, 3.05) is 0 Å². The molecular weight excluding hydrogens is 178 g/mol. The van der Waals surface area contributed by atoms with Gasteiger partial charge in [0, 0.05) is 16.6 Å². The molecule has 0 N–H and O–H groups in total. The van der Waals surface area contributed by atoms with Crippen LogP contribution in [-0.2, 0) is 6.42 Å². The number of nitrogens with zero attached hydrogens (tertiary/aromatic N) is 1. The summed E-state index contributed by atoms with van der Waals surface area (Å²) >= 11 is 1.65. The number of aromatic nitrogens is 1. The molecule has 2 heteroatoms. The van der Waals surface area contributed by atoms with Gasteiger partial charge in [0.2, 0.25) is 0 Å². The Labute approximate surface area is 82.1 Å². The summed E-state index contributed by atoms with van der Waals surface area (Å²) in [4.78, 5) is 4.23. The zero-order valence-corrected chi connectivity index (χ0v) is 8.27. The summed E-state index contributed by atoms with van der Waals surface area (Å²) in [5.41, 5.74) is 2.41. The first kappa shape index (κ1) is 8.45. The zero-order chi connectivity index (χ0) is 9.10. The lowest BCUT2D eigenvalue weighted by Gasteiger charge is -2.06. The van der Waals surface area contributed by atoms with Crippen LogP contribution in [0.25, 0.3) is 10.6 Å². The average Bonchev–Trinajstić information content (AvgIpc) is 2.71. The van der Waals surface area contributed by atoms with Crippen molar-refractivity contribution in [3.05, 3.63) is 41.4 Å². The fourth-order valence-corrected chi connectivity index (χ4v) is 1.79. The lowest BCUT2D eigenvalue weighted by molar-refractivity contribution is 1.14. The monoisotopic (exact) mass is 188 g/mol. The van der Waals surface area contributed by atoms with E-state index in [1.807, 2.05) is 17.6 Å². The van der Waals surface area contributed by atoms with E-state index < -0.39 is 0 Å². The van der Waals surface area contributed by atoms with Gasteiger partial charge in [-0.1, -0.05) is 13.3 Å². The lowest BCUT2D eigenvalue weighted by atomic mass is 10.1. The molecule has 2 rings (SSSR count). The molecule has 0 saturated heterocycles. The zero-order valence-electron chi connectivity index (χ0n) is 7.45. The summed E-state index contributed by atoms with van der Waals surface area (Å²) in [5.74, 6) is 0. The predicted octanol–water partition coefficient (Wildman–Crippen LogP) is 3.17. The van der Waals surface area contributed by atoms with E-state index in [-0.39, 0.29) is 0 Å². The molecule has 0 saturated carbocycles. The second kappa shape index (κ2) is 3.71. The van der Waals surface area contributed by atoms with Crippen LogP contribution in [0.1, 0.15) is 12.5 Å². The lowest BCUT2D eigenvalue weighted by Crippen LogP contribution is -1.80. The molecule has 1 aromatic heterocycles. The standard InChI is InChI=1S/C11H10NS/c1-2-9-3-5-10(6-4-9)11-12-7-8-13-11/h3-5,7-8H,2H2,1H3/q-1. The Morgan fingerprint density at radius 1 is 1.46 bits per heavy atom. The van der Waals surface area contributed by atoms with Crippen LogP contribution in [0, 0.1) is 6.07 Å². The molecular formula is C11H10NS-. The molecule has 0 aliphatic carbocycles. The Morgan fingerprint density at radius 2 is 2.38 bits per heavy atom. The van der Waals surface area contributed by atoms with Crippen molar-refractivity contribution in [2.24, 2.45) is 0 Å². The van der Waals surface area contributed by atoms with E-state index >= 15 is 0 Å². The molecule has 1 nitrogen and oxygen atoms in total. The Hall–Kier alpha value is -1.15. The summed E-state index contributed by atoms with van der Waals surface area (Å²) < 4.78 is 0. The van der Waals surface area contributed by atoms with Crippen LogP contribution < -0.4 is 0 Å². The van der Waals surface area contributed by atoms with Crippen molar-refractivity contribution in [3.63, 3.8) is 0 Å². The maximum Gasteiger partial charge on any atom is 0.0401 e. The highest BCUT2D eigenvalue weighted by atomic mass is 32.1. The molecule has 0 spiro atoms. The van der Waals surface area contributed by atoms with Crippen LogP contribution in [0.4, 0.5) is 0 Å². The SMILES string of the molecule is CCc1c[c-]c(-c2nccs2)cc1. The molecule has 0 atom stereocenters. The Bertz CT molecular complexity index is 361. The maximum absolute atomic E-state index is 4.23. The smallest absolute Gasteiger partial charge is 0.0401 e. The molecule has 1 heterocycles. The third-order valence-electron chi connectivity index (χ3n) is 1.95. The third kappa shape index (κ3) is 1.78. The van der Waals surface area contributed by atoms with Gasteiger partial charge in [0.05, 0.1) is 0 Å². The van der Waals surface area contributed by atoms with Crippen LogP contribution in [0.5, 0.6) is 0 Å². The number of rotatable bonds is 2. The van der Waals surface area contributed by atoms with E-state index in [9.17, 15) is 0 Å².